The van der Waals surface area contributed by atoms with Crippen molar-refractivity contribution in [1.82, 2.24) is 0 Å². The highest BCUT2D eigenvalue weighted by atomic mass is 14.5. The van der Waals surface area contributed by atoms with Crippen LogP contribution >= 0.6 is 0 Å². The third-order valence-electron chi connectivity index (χ3n) is 13.0. The van der Waals surface area contributed by atoms with E-state index in [2.05, 4.69) is 194 Å². The Bertz CT molecular complexity index is 3280. The van der Waals surface area contributed by atoms with Gasteiger partial charge in [0.2, 0.25) is 0 Å². The van der Waals surface area contributed by atoms with Gasteiger partial charge >= 0.3 is 0 Å². The minimum Gasteiger partial charge on any atom is -0.0619 e. The Kier molecular flexibility index (Phi) is 5.65. The van der Waals surface area contributed by atoms with Crippen molar-refractivity contribution in [3.8, 4) is 66.8 Å². The summed E-state index contributed by atoms with van der Waals surface area (Å²) in [7, 11) is 0. The van der Waals surface area contributed by atoms with Gasteiger partial charge in [-0.1, -0.05) is 176 Å². The molecule has 0 heterocycles. The number of hydrogen-bond donors (Lipinski definition) is 0. The molecule has 0 N–H and O–H groups in total. The van der Waals surface area contributed by atoms with E-state index in [-0.39, 0.29) is 0 Å². The Morgan fingerprint density at radius 2 is 0.764 bits per heavy atom. The molecule has 0 atom stereocenters. The molecule has 0 fully saturated rings. The van der Waals surface area contributed by atoms with Gasteiger partial charge in [-0.3, -0.25) is 0 Å². The molecule has 10 aromatic rings. The lowest BCUT2D eigenvalue weighted by atomic mass is 9.68. The Balaban J connectivity index is 1.06. The van der Waals surface area contributed by atoms with Crippen molar-refractivity contribution < 1.29 is 0 Å². The van der Waals surface area contributed by atoms with Crippen LogP contribution in [0.25, 0.3) is 99.1 Å². The van der Waals surface area contributed by atoms with Crippen molar-refractivity contribution in [1.29, 1.82) is 0 Å². The molecule has 0 saturated carbocycles. The third-order valence-corrected chi connectivity index (χ3v) is 13.0. The zero-order valence-corrected chi connectivity index (χ0v) is 30.0. The largest absolute Gasteiger partial charge is 0.0737 e. The number of rotatable bonds is 2. The molecule has 13 rings (SSSR count). The average molecular weight is 693 g/mol. The molecular formula is C55H32. The maximum Gasteiger partial charge on any atom is 0.0737 e. The average Bonchev–Trinajstić information content (AvgIpc) is 3.86. The van der Waals surface area contributed by atoms with Gasteiger partial charge in [0.25, 0.3) is 0 Å². The van der Waals surface area contributed by atoms with Crippen molar-refractivity contribution in [2.24, 2.45) is 0 Å². The van der Waals surface area contributed by atoms with Crippen LogP contribution in [0, 0.1) is 0 Å². The molecule has 0 bridgehead atoms. The van der Waals surface area contributed by atoms with E-state index >= 15 is 0 Å². The second kappa shape index (κ2) is 10.6. The van der Waals surface area contributed by atoms with Crippen LogP contribution in [0.1, 0.15) is 22.3 Å². The molecule has 0 aliphatic heterocycles. The first kappa shape index (κ1) is 29.4. The lowest BCUT2D eigenvalue weighted by Crippen LogP contribution is -2.26. The van der Waals surface area contributed by atoms with Crippen LogP contribution in [0.4, 0.5) is 0 Å². The molecule has 3 aliphatic carbocycles. The Labute approximate surface area is 319 Å². The second-order valence-electron chi connectivity index (χ2n) is 15.5. The molecule has 252 valence electrons. The van der Waals surface area contributed by atoms with Gasteiger partial charge in [0.1, 0.15) is 0 Å². The predicted octanol–water partition coefficient (Wildman–Crippen LogP) is 14.5. The predicted molar refractivity (Wildman–Crippen MR) is 231 cm³/mol. The van der Waals surface area contributed by atoms with Gasteiger partial charge in [0.15, 0.2) is 0 Å². The molecular weight excluding hydrogens is 661 g/mol. The number of hydrogen-bond acceptors (Lipinski definition) is 0. The summed E-state index contributed by atoms with van der Waals surface area (Å²) < 4.78 is 0. The summed E-state index contributed by atoms with van der Waals surface area (Å²) in [4.78, 5) is 0. The van der Waals surface area contributed by atoms with Gasteiger partial charge in [-0.05, 0) is 140 Å². The normalized spacial score (nSPS) is 13.6. The van der Waals surface area contributed by atoms with Crippen LogP contribution in [-0.4, -0.2) is 0 Å². The van der Waals surface area contributed by atoms with E-state index < -0.39 is 5.41 Å². The van der Waals surface area contributed by atoms with Gasteiger partial charge < -0.3 is 0 Å². The van der Waals surface area contributed by atoms with E-state index in [1.165, 1.54) is 121 Å². The van der Waals surface area contributed by atoms with Crippen molar-refractivity contribution >= 4 is 32.3 Å². The smallest absolute Gasteiger partial charge is 0.0619 e. The van der Waals surface area contributed by atoms with E-state index in [1.54, 1.807) is 0 Å². The maximum absolute atomic E-state index is 2.43. The molecule has 0 heteroatoms. The van der Waals surface area contributed by atoms with Gasteiger partial charge in [0, 0.05) is 0 Å². The first-order valence-corrected chi connectivity index (χ1v) is 19.3. The Morgan fingerprint density at radius 3 is 1.49 bits per heavy atom. The topological polar surface area (TPSA) is 0 Å². The van der Waals surface area contributed by atoms with Crippen LogP contribution in [0.5, 0.6) is 0 Å². The minimum absolute atomic E-state index is 0.430. The molecule has 0 radical (unpaired) electrons. The van der Waals surface area contributed by atoms with E-state index in [4.69, 9.17) is 0 Å². The number of fused-ring (bicyclic) bond motifs is 17. The van der Waals surface area contributed by atoms with Gasteiger partial charge in [-0.25, -0.2) is 0 Å². The molecule has 3 aliphatic rings. The van der Waals surface area contributed by atoms with E-state index in [0.717, 1.165) is 0 Å². The highest BCUT2D eigenvalue weighted by molar-refractivity contribution is 6.17. The lowest BCUT2D eigenvalue weighted by molar-refractivity contribution is 0.809. The summed E-state index contributed by atoms with van der Waals surface area (Å²) >= 11 is 0. The standard InChI is InChI=1S/C55H32/c1-2-16-40-33(12-1)24-28-47-48-29-26-35-30-34(25-27-41(35)54(48)55(53(40)47)50-22-9-7-19-44(50)45-20-8-10-23-51(45)55)38-14-3-4-15-39(38)37-31-36-13-11-21-46-42-17-5-6-18-43(42)49(32-37)52(36)46/h1-32H. The minimum atomic E-state index is -0.430. The molecule has 0 aromatic heterocycles. The molecule has 0 saturated heterocycles. The summed E-state index contributed by atoms with van der Waals surface area (Å²) in [5.41, 5.74) is 20.8. The number of benzene rings is 10. The van der Waals surface area contributed by atoms with Gasteiger partial charge in [-0.2, -0.15) is 0 Å². The SMILES string of the molecule is c1ccc(-c2cc3c4c(cccc4c2)-c2ccccc2-3)c(-c2ccc3c4c(ccc3c2)-c2ccc3ccccc3c2C42c3ccccc3-c3ccccc32)c1. The fraction of sp³-hybridized carbons (Fsp3) is 0.0182. The first-order valence-electron chi connectivity index (χ1n) is 19.3. The summed E-state index contributed by atoms with van der Waals surface area (Å²) in [6, 6.07) is 73.3. The Morgan fingerprint density at radius 1 is 0.255 bits per heavy atom. The fourth-order valence-electron chi connectivity index (χ4n) is 10.9. The van der Waals surface area contributed by atoms with Crippen LogP contribution < -0.4 is 0 Å². The summed E-state index contributed by atoms with van der Waals surface area (Å²) in [5.74, 6) is 0. The maximum atomic E-state index is 2.43. The van der Waals surface area contributed by atoms with Crippen molar-refractivity contribution in [2.45, 2.75) is 5.41 Å². The van der Waals surface area contributed by atoms with E-state index in [1.807, 2.05) is 0 Å². The van der Waals surface area contributed by atoms with Crippen LogP contribution in [-0.2, 0) is 5.41 Å². The zero-order chi connectivity index (χ0) is 35.8. The molecule has 55 heavy (non-hydrogen) atoms. The monoisotopic (exact) mass is 692 g/mol. The van der Waals surface area contributed by atoms with E-state index in [9.17, 15) is 0 Å². The highest BCUT2D eigenvalue weighted by Gasteiger charge is 2.53. The molecule has 1 spiro atoms. The van der Waals surface area contributed by atoms with Crippen molar-refractivity contribution in [3.63, 3.8) is 0 Å². The fourth-order valence-corrected chi connectivity index (χ4v) is 10.9. The first-order chi connectivity index (χ1) is 27.3. The van der Waals surface area contributed by atoms with Crippen LogP contribution in [0.3, 0.4) is 0 Å². The zero-order valence-electron chi connectivity index (χ0n) is 30.0. The summed E-state index contributed by atoms with van der Waals surface area (Å²) in [6.45, 7) is 0. The van der Waals surface area contributed by atoms with E-state index in [0.29, 0.717) is 0 Å². The van der Waals surface area contributed by atoms with Gasteiger partial charge in [0.05, 0.1) is 5.41 Å². The summed E-state index contributed by atoms with van der Waals surface area (Å²) in [6.07, 6.45) is 0. The Hall–Kier alpha value is -7.02. The van der Waals surface area contributed by atoms with Crippen LogP contribution in [0.2, 0.25) is 0 Å². The van der Waals surface area contributed by atoms with Crippen LogP contribution in [0.15, 0.2) is 194 Å². The van der Waals surface area contributed by atoms with Crippen molar-refractivity contribution in [3.05, 3.63) is 216 Å². The highest BCUT2D eigenvalue weighted by Crippen LogP contribution is 2.65. The van der Waals surface area contributed by atoms with Crippen molar-refractivity contribution in [2.75, 3.05) is 0 Å². The molecule has 0 amide bonds. The quantitative estimate of drug-likeness (QED) is 0.169. The molecule has 0 nitrogen and oxygen atoms in total. The second-order valence-corrected chi connectivity index (χ2v) is 15.5. The third kappa shape index (κ3) is 3.67. The van der Waals surface area contributed by atoms with Gasteiger partial charge in [-0.15, -0.1) is 0 Å². The molecule has 0 unspecified atom stereocenters. The molecule has 10 aromatic carbocycles. The lowest BCUT2D eigenvalue weighted by Gasteiger charge is -2.32. The summed E-state index contributed by atoms with van der Waals surface area (Å²) in [5, 5.41) is 7.84.